The number of Topliss-reactive ketones (excluding diaryl/α,β-unsaturated/α-hetero) is 2. The number of carbonyl (C=O) groups is 2. The van der Waals surface area contributed by atoms with Crippen LogP contribution in [0.3, 0.4) is 0 Å². The van der Waals surface area contributed by atoms with Crippen molar-refractivity contribution in [3.8, 4) is 0 Å². The van der Waals surface area contributed by atoms with Crippen LogP contribution in [-0.4, -0.2) is 11.6 Å². The molecule has 2 aliphatic carbocycles. The zero-order valence-corrected chi connectivity index (χ0v) is 11.1. The lowest BCUT2D eigenvalue weighted by molar-refractivity contribution is -0.143. The first-order valence-electron chi connectivity index (χ1n) is 7.25. The van der Waals surface area contributed by atoms with E-state index in [1.165, 1.54) is 0 Å². The lowest BCUT2D eigenvalue weighted by Gasteiger charge is -2.39. The molecular weight excluding hydrogens is 212 g/mol. The fourth-order valence-corrected chi connectivity index (χ4v) is 3.92. The molecule has 0 saturated heterocycles. The molecule has 0 spiro atoms. The summed E-state index contributed by atoms with van der Waals surface area (Å²) in [7, 11) is 0. The van der Waals surface area contributed by atoms with Gasteiger partial charge in [-0.3, -0.25) is 9.59 Å². The summed E-state index contributed by atoms with van der Waals surface area (Å²) in [5.41, 5.74) is 0. The summed E-state index contributed by atoms with van der Waals surface area (Å²) in [6, 6.07) is 0. The number of hydrogen-bond donors (Lipinski definition) is 0. The molecule has 0 bridgehead atoms. The van der Waals surface area contributed by atoms with Crippen molar-refractivity contribution in [2.75, 3.05) is 0 Å². The second-order valence-electron chi connectivity index (χ2n) is 5.76. The maximum absolute atomic E-state index is 12.5. The first-order valence-corrected chi connectivity index (χ1v) is 7.25. The van der Waals surface area contributed by atoms with Gasteiger partial charge in [0.2, 0.25) is 0 Å². The molecule has 2 nitrogen and oxygen atoms in total. The van der Waals surface area contributed by atoms with E-state index in [4.69, 9.17) is 0 Å². The van der Waals surface area contributed by atoms with Crippen LogP contribution < -0.4 is 0 Å². The van der Waals surface area contributed by atoms with Crippen molar-refractivity contribution in [3.05, 3.63) is 0 Å². The standard InChI is InChI=1S/C15H24O2/c1-3-10(4-2)12-9-8-11-6-5-7-13(16)14(11)15(12)17/h10-12,14H,3-9H2,1-2H3. The van der Waals surface area contributed by atoms with Crippen molar-refractivity contribution >= 4 is 11.6 Å². The highest BCUT2D eigenvalue weighted by Gasteiger charge is 2.45. The van der Waals surface area contributed by atoms with Crippen molar-refractivity contribution in [1.29, 1.82) is 0 Å². The summed E-state index contributed by atoms with van der Waals surface area (Å²) in [5.74, 6) is 1.37. The van der Waals surface area contributed by atoms with E-state index >= 15 is 0 Å². The minimum absolute atomic E-state index is 0.174. The minimum atomic E-state index is -0.219. The van der Waals surface area contributed by atoms with E-state index in [1.807, 2.05) is 0 Å². The Morgan fingerprint density at radius 2 is 1.82 bits per heavy atom. The summed E-state index contributed by atoms with van der Waals surface area (Å²) < 4.78 is 0. The van der Waals surface area contributed by atoms with Crippen molar-refractivity contribution in [2.24, 2.45) is 23.7 Å². The molecule has 2 fully saturated rings. The average Bonchev–Trinajstić information content (AvgIpc) is 2.33. The predicted octanol–water partition coefficient (Wildman–Crippen LogP) is 3.39. The zero-order valence-electron chi connectivity index (χ0n) is 11.1. The molecule has 0 aromatic heterocycles. The zero-order chi connectivity index (χ0) is 12.4. The van der Waals surface area contributed by atoms with Crippen LogP contribution in [0, 0.1) is 23.7 Å². The van der Waals surface area contributed by atoms with E-state index in [2.05, 4.69) is 13.8 Å². The summed E-state index contributed by atoms with van der Waals surface area (Å²) in [6.07, 6.45) is 7.00. The predicted molar refractivity (Wildman–Crippen MR) is 67.6 cm³/mol. The monoisotopic (exact) mass is 236 g/mol. The van der Waals surface area contributed by atoms with E-state index in [-0.39, 0.29) is 17.6 Å². The van der Waals surface area contributed by atoms with Crippen LogP contribution >= 0.6 is 0 Å². The number of carbonyl (C=O) groups excluding carboxylic acids is 2. The number of fused-ring (bicyclic) bond motifs is 1. The van der Waals surface area contributed by atoms with E-state index in [9.17, 15) is 9.59 Å². The van der Waals surface area contributed by atoms with Crippen LogP contribution in [0.1, 0.15) is 58.8 Å². The molecule has 2 rings (SSSR count). The molecule has 3 unspecified atom stereocenters. The van der Waals surface area contributed by atoms with Gasteiger partial charge in [-0.15, -0.1) is 0 Å². The fourth-order valence-electron chi connectivity index (χ4n) is 3.92. The molecule has 0 aliphatic heterocycles. The second-order valence-corrected chi connectivity index (χ2v) is 5.76. The highest BCUT2D eigenvalue weighted by atomic mass is 16.2. The van der Waals surface area contributed by atoms with E-state index in [1.54, 1.807) is 0 Å². The second kappa shape index (κ2) is 5.32. The fraction of sp³-hybridized carbons (Fsp3) is 0.867. The van der Waals surface area contributed by atoms with Gasteiger partial charge in [0.1, 0.15) is 11.6 Å². The smallest absolute Gasteiger partial charge is 0.146 e. The van der Waals surface area contributed by atoms with E-state index < -0.39 is 0 Å². The van der Waals surface area contributed by atoms with Crippen LogP contribution in [0.25, 0.3) is 0 Å². The first kappa shape index (κ1) is 12.8. The third-order valence-electron chi connectivity index (χ3n) is 4.95. The van der Waals surface area contributed by atoms with Gasteiger partial charge in [-0.1, -0.05) is 26.7 Å². The van der Waals surface area contributed by atoms with Gasteiger partial charge in [0, 0.05) is 12.3 Å². The molecule has 2 saturated carbocycles. The van der Waals surface area contributed by atoms with Crippen LogP contribution in [-0.2, 0) is 9.59 Å². The minimum Gasteiger partial charge on any atom is -0.299 e. The van der Waals surface area contributed by atoms with Crippen molar-refractivity contribution < 1.29 is 9.59 Å². The van der Waals surface area contributed by atoms with Crippen molar-refractivity contribution in [1.82, 2.24) is 0 Å². The Balaban J connectivity index is 2.14. The Labute approximate surface area is 104 Å². The number of rotatable bonds is 3. The Morgan fingerprint density at radius 3 is 2.47 bits per heavy atom. The lowest BCUT2D eigenvalue weighted by atomic mass is 9.63. The molecule has 0 aromatic rings. The molecule has 17 heavy (non-hydrogen) atoms. The third kappa shape index (κ3) is 2.31. The van der Waals surface area contributed by atoms with Gasteiger partial charge < -0.3 is 0 Å². The van der Waals surface area contributed by atoms with Gasteiger partial charge in [-0.2, -0.15) is 0 Å². The Kier molecular flexibility index (Phi) is 4.01. The SMILES string of the molecule is CCC(CC)C1CCC2CCCC(=O)C2C1=O. The highest BCUT2D eigenvalue weighted by Crippen LogP contribution is 2.42. The molecule has 0 heterocycles. The van der Waals surface area contributed by atoms with Gasteiger partial charge in [0.05, 0.1) is 5.92 Å². The van der Waals surface area contributed by atoms with Gasteiger partial charge in [-0.05, 0) is 37.5 Å². The summed E-state index contributed by atoms with van der Waals surface area (Å²) in [6.45, 7) is 4.33. The molecule has 0 aromatic carbocycles. The lowest BCUT2D eigenvalue weighted by Crippen LogP contribution is -2.44. The molecule has 2 aliphatic rings. The van der Waals surface area contributed by atoms with Crippen molar-refractivity contribution in [3.63, 3.8) is 0 Å². The molecule has 96 valence electrons. The molecule has 0 radical (unpaired) electrons. The average molecular weight is 236 g/mol. The van der Waals surface area contributed by atoms with Crippen LogP contribution in [0.4, 0.5) is 0 Å². The van der Waals surface area contributed by atoms with Crippen LogP contribution in [0.15, 0.2) is 0 Å². The van der Waals surface area contributed by atoms with Gasteiger partial charge in [0.15, 0.2) is 0 Å². The van der Waals surface area contributed by atoms with Crippen molar-refractivity contribution in [2.45, 2.75) is 58.8 Å². The molecule has 2 heteroatoms. The first-order chi connectivity index (χ1) is 8.19. The maximum Gasteiger partial charge on any atom is 0.146 e. The summed E-state index contributed by atoms with van der Waals surface area (Å²) in [5, 5.41) is 0. The Bertz CT molecular complexity index is 304. The quantitative estimate of drug-likeness (QED) is 0.704. The molecular formula is C15H24O2. The maximum atomic E-state index is 12.5. The molecule has 0 amide bonds. The van der Waals surface area contributed by atoms with Gasteiger partial charge in [0.25, 0.3) is 0 Å². The Hall–Kier alpha value is -0.660. The Morgan fingerprint density at radius 1 is 1.12 bits per heavy atom. The van der Waals surface area contributed by atoms with Crippen LogP contribution in [0.5, 0.6) is 0 Å². The molecule has 0 N–H and O–H groups in total. The van der Waals surface area contributed by atoms with Crippen LogP contribution in [0.2, 0.25) is 0 Å². The van der Waals surface area contributed by atoms with Gasteiger partial charge in [-0.25, -0.2) is 0 Å². The number of ketones is 2. The number of hydrogen-bond acceptors (Lipinski definition) is 2. The topological polar surface area (TPSA) is 34.1 Å². The van der Waals surface area contributed by atoms with E-state index in [0.717, 1.165) is 38.5 Å². The summed E-state index contributed by atoms with van der Waals surface area (Å²) >= 11 is 0. The van der Waals surface area contributed by atoms with E-state index in [0.29, 0.717) is 24.0 Å². The molecule has 3 atom stereocenters. The third-order valence-corrected chi connectivity index (χ3v) is 4.95. The highest BCUT2D eigenvalue weighted by molar-refractivity contribution is 6.04. The normalized spacial score (nSPS) is 33.9. The largest absolute Gasteiger partial charge is 0.299 e. The summed E-state index contributed by atoms with van der Waals surface area (Å²) in [4.78, 5) is 24.5. The van der Waals surface area contributed by atoms with Gasteiger partial charge >= 0.3 is 0 Å².